The predicted molar refractivity (Wildman–Crippen MR) is 102 cm³/mol. The van der Waals surface area contributed by atoms with Gasteiger partial charge in [0.25, 0.3) is 5.89 Å². The number of aromatic nitrogens is 2. The summed E-state index contributed by atoms with van der Waals surface area (Å²) in [6.07, 6.45) is 5.84. The summed E-state index contributed by atoms with van der Waals surface area (Å²) >= 11 is 1.56. The minimum atomic E-state index is -0.558. The molecule has 0 radical (unpaired) electrons. The van der Waals surface area contributed by atoms with Gasteiger partial charge < -0.3 is 19.7 Å². The number of ketones is 1. The highest BCUT2D eigenvalue weighted by Gasteiger charge is 2.57. The molecule has 4 saturated carbocycles. The van der Waals surface area contributed by atoms with Gasteiger partial charge in [0.2, 0.25) is 17.6 Å². The van der Waals surface area contributed by atoms with Crippen LogP contribution in [0.3, 0.4) is 0 Å². The summed E-state index contributed by atoms with van der Waals surface area (Å²) < 4.78 is 5.26. The van der Waals surface area contributed by atoms with E-state index in [1.54, 1.807) is 23.6 Å². The molecule has 6 rings (SSSR count). The van der Waals surface area contributed by atoms with E-state index in [0.717, 1.165) is 32.1 Å². The van der Waals surface area contributed by atoms with Crippen LogP contribution in [0.1, 0.15) is 55.1 Å². The quantitative estimate of drug-likeness (QED) is 0.701. The number of hydrogen-bond donors (Lipinski definition) is 2. The lowest BCUT2D eigenvalue weighted by molar-refractivity contribution is -0.146. The van der Waals surface area contributed by atoms with Crippen molar-refractivity contribution in [1.29, 1.82) is 0 Å². The largest absolute Gasteiger partial charge is 0.419 e. The monoisotopic (exact) mass is 406 g/mol. The number of nitrogens with one attached hydrogen (secondary N) is 1. The zero-order valence-electron chi connectivity index (χ0n) is 16.0. The Labute approximate surface area is 167 Å². The minimum absolute atomic E-state index is 0.0286. The molecule has 152 valence electrons. The Morgan fingerprint density at radius 3 is 2.68 bits per heavy atom. The van der Waals surface area contributed by atoms with Crippen LogP contribution in [0.25, 0.3) is 0 Å². The molecule has 1 saturated heterocycles. The van der Waals surface area contributed by atoms with E-state index >= 15 is 0 Å². The second-order valence-electron chi connectivity index (χ2n) is 9.19. The molecule has 8 nitrogen and oxygen atoms in total. The van der Waals surface area contributed by atoms with Gasteiger partial charge >= 0.3 is 0 Å². The zero-order valence-corrected chi connectivity index (χ0v) is 16.8. The highest BCUT2D eigenvalue weighted by Crippen LogP contribution is 2.57. The maximum absolute atomic E-state index is 12.9. The normalized spacial score (nSPS) is 38.9. The zero-order chi connectivity index (χ0) is 19.5. The second kappa shape index (κ2) is 6.53. The number of nitrogens with zero attached hydrogens (tertiary/aromatic N) is 3. The lowest BCUT2D eigenvalue weighted by Gasteiger charge is -2.60. The molecular formula is C19H26N4O4S. The van der Waals surface area contributed by atoms with Gasteiger partial charge in [-0.15, -0.1) is 22.0 Å². The molecule has 5 aliphatic rings. The smallest absolute Gasteiger partial charge is 0.286 e. The van der Waals surface area contributed by atoms with E-state index in [9.17, 15) is 14.7 Å². The van der Waals surface area contributed by atoms with Crippen LogP contribution in [0.5, 0.6) is 0 Å². The number of thioether (sulfide) groups is 1. The topological polar surface area (TPSA) is 109 Å². The second-order valence-corrected chi connectivity index (χ2v) is 10.2. The van der Waals surface area contributed by atoms with E-state index in [1.807, 2.05) is 0 Å². The first-order chi connectivity index (χ1) is 13.3. The third-order valence-corrected chi connectivity index (χ3v) is 7.90. The maximum atomic E-state index is 12.9. The van der Waals surface area contributed by atoms with Gasteiger partial charge in [-0.05, 0) is 50.4 Å². The van der Waals surface area contributed by atoms with E-state index in [2.05, 4.69) is 15.5 Å². The molecule has 0 aromatic carbocycles. The number of amides is 1. The van der Waals surface area contributed by atoms with Crippen molar-refractivity contribution in [3.05, 3.63) is 11.8 Å². The van der Waals surface area contributed by atoms with Crippen LogP contribution < -0.4 is 5.32 Å². The number of aliphatic hydroxyl groups is 1. The molecule has 2 N–H and O–H groups in total. The molecular weight excluding hydrogens is 380 g/mol. The number of hydrogen-bond acceptors (Lipinski definition) is 8. The van der Waals surface area contributed by atoms with Crippen molar-refractivity contribution in [3.8, 4) is 0 Å². The Balaban J connectivity index is 1.25. The molecule has 1 amide bonds. The highest BCUT2D eigenvalue weighted by atomic mass is 32.2. The van der Waals surface area contributed by atoms with Crippen molar-refractivity contribution in [2.45, 2.75) is 62.6 Å². The average molecular weight is 407 g/mol. The number of carbonyl (C=O) groups excluding carboxylic acids is 2. The van der Waals surface area contributed by atoms with Gasteiger partial charge in [0, 0.05) is 18.2 Å². The Morgan fingerprint density at radius 2 is 2.04 bits per heavy atom. The molecule has 2 unspecified atom stereocenters. The SMILES string of the molecule is Cc1nnc(C(=O)[C@@H]2CSCN2C(=O)CNC23CC4CC(CC(O)(C4)C2)C3)o1. The van der Waals surface area contributed by atoms with Crippen LogP contribution in [0.15, 0.2) is 4.42 Å². The summed E-state index contributed by atoms with van der Waals surface area (Å²) in [7, 11) is 0. The fourth-order valence-corrected chi connectivity index (χ4v) is 7.41. The van der Waals surface area contributed by atoms with Gasteiger partial charge in [0.15, 0.2) is 0 Å². The van der Waals surface area contributed by atoms with E-state index in [0.29, 0.717) is 29.4 Å². The standard InChI is InChI=1S/C19H26N4O4S/c1-11-21-22-17(27-11)16(25)14-8-28-10-23(14)15(24)7-20-18-3-12-2-13(4-18)6-19(26,5-12)9-18/h12-14,20,26H,2-10H2,1H3/t12?,13?,14-,18?,19?/m0/s1. The van der Waals surface area contributed by atoms with Gasteiger partial charge in [-0.2, -0.15) is 0 Å². The summed E-state index contributed by atoms with van der Waals surface area (Å²) in [5.74, 6) is 2.10. The molecule has 1 aromatic heterocycles. The predicted octanol–water partition coefficient (Wildman–Crippen LogP) is 1.14. The van der Waals surface area contributed by atoms with Crippen LogP contribution in [0, 0.1) is 18.8 Å². The summed E-state index contributed by atoms with van der Waals surface area (Å²) in [5, 5.41) is 21.9. The van der Waals surface area contributed by atoms with Crippen LogP contribution in [0.4, 0.5) is 0 Å². The lowest BCUT2D eigenvalue weighted by atomic mass is 9.51. The lowest BCUT2D eigenvalue weighted by Crippen LogP contribution is -2.65. The summed E-state index contributed by atoms with van der Waals surface area (Å²) in [6, 6.07) is -0.556. The third-order valence-electron chi connectivity index (χ3n) is 6.89. The van der Waals surface area contributed by atoms with Crippen LogP contribution >= 0.6 is 11.8 Å². The van der Waals surface area contributed by atoms with E-state index in [-0.39, 0.29) is 29.7 Å². The number of aryl methyl sites for hydroxylation is 1. The minimum Gasteiger partial charge on any atom is -0.419 e. The summed E-state index contributed by atoms with van der Waals surface area (Å²) in [6.45, 7) is 1.84. The average Bonchev–Trinajstić information content (AvgIpc) is 3.26. The van der Waals surface area contributed by atoms with E-state index in [4.69, 9.17) is 4.42 Å². The molecule has 4 aliphatic carbocycles. The van der Waals surface area contributed by atoms with Crippen molar-refractivity contribution in [2.24, 2.45) is 11.8 Å². The van der Waals surface area contributed by atoms with Gasteiger partial charge in [-0.25, -0.2) is 0 Å². The molecule has 1 aliphatic heterocycles. The van der Waals surface area contributed by atoms with Crippen LogP contribution in [-0.4, -0.2) is 67.3 Å². The van der Waals surface area contributed by atoms with Gasteiger partial charge in [0.05, 0.1) is 18.0 Å². The van der Waals surface area contributed by atoms with E-state index < -0.39 is 11.6 Å². The van der Waals surface area contributed by atoms with Crippen molar-refractivity contribution >= 4 is 23.5 Å². The summed E-state index contributed by atoms with van der Waals surface area (Å²) in [4.78, 5) is 27.2. The first-order valence-corrected chi connectivity index (χ1v) is 11.2. The number of Topliss-reactive ketones (excluding diaryl/α,β-unsaturated/α-hetero) is 1. The molecule has 2 heterocycles. The Morgan fingerprint density at radius 1 is 1.29 bits per heavy atom. The Kier molecular flexibility index (Phi) is 4.33. The number of carbonyl (C=O) groups is 2. The first kappa shape index (κ1) is 18.6. The fourth-order valence-electron chi connectivity index (χ4n) is 6.23. The molecule has 5 fully saturated rings. The van der Waals surface area contributed by atoms with Crippen molar-refractivity contribution in [3.63, 3.8) is 0 Å². The maximum Gasteiger partial charge on any atom is 0.286 e. The third kappa shape index (κ3) is 3.17. The number of rotatable bonds is 5. The molecule has 1 aromatic rings. The van der Waals surface area contributed by atoms with Gasteiger partial charge in [0.1, 0.15) is 6.04 Å². The van der Waals surface area contributed by atoms with Crippen molar-refractivity contribution in [1.82, 2.24) is 20.4 Å². The van der Waals surface area contributed by atoms with Gasteiger partial charge in [-0.1, -0.05) is 0 Å². The van der Waals surface area contributed by atoms with Crippen LogP contribution in [-0.2, 0) is 4.79 Å². The fraction of sp³-hybridized carbons (Fsp3) is 0.789. The van der Waals surface area contributed by atoms with Crippen LogP contribution in [0.2, 0.25) is 0 Å². The van der Waals surface area contributed by atoms with Crippen molar-refractivity contribution in [2.75, 3.05) is 18.2 Å². The van der Waals surface area contributed by atoms with Gasteiger partial charge in [-0.3, -0.25) is 9.59 Å². The first-order valence-electron chi connectivity index (χ1n) is 10.0. The summed E-state index contributed by atoms with van der Waals surface area (Å²) in [5.41, 5.74) is -0.692. The molecule has 3 atom stereocenters. The van der Waals surface area contributed by atoms with Crippen molar-refractivity contribution < 1.29 is 19.1 Å². The van der Waals surface area contributed by atoms with E-state index in [1.165, 1.54) is 6.42 Å². The molecule has 28 heavy (non-hydrogen) atoms. The Hall–Kier alpha value is -1.45. The molecule has 4 bridgehead atoms. The Bertz CT molecular complexity index is 798. The molecule has 9 heteroatoms. The highest BCUT2D eigenvalue weighted by molar-refractivity contribution is 7.99. The molecule has 0 spiro atoms.